The van der Waals surface area contributed by atoms with Crippen LogP contribution in [0.25, 0.3) is 55.6 Å². The Morgan fingerprint density at radius 3 is 0.594 bits per heavy atom. The van der Waals surface area contributed by atoms with E-state index in [0.29, 0.717) is 87.0 Å². The molecule has 10 aromatic carbocycles. The second kappa shape index (κ2) is 32.4. The normalized spacial score (nSPS) is 17.0. The van der Waals surface area contributed by atoms with E-state index in [1.807, 2.05) is 97.1 Å². The Bertz CT molecular complexity index is 4160. The highest BCUT2D eigenvalue weighted by molar-refractivity contribution is 5.93. The van der Waals surface area contributed by atoms with Crippen LogP contribution < -0.4 is 28.4 Å². The van der Waals surface area contributed by atoms with Gasteiger partial charge in [-0.05, 0) is 191 Å². The van der Waals surface area contributed by atoms with Gasteiger partial charge >= 0.3 is 35.8 Å². The Balaban J connectivity index is 0.623. The molecule has 4 unspecified atom stereocenters. The van der Waals surface area contributed by atoms with Gasteiger partial charge in [0, 0.05) is 0 Å². The number of hydrogen-bond acceptors (Lipinski definition) is 20. The summed E-state index contributed by atoms with van der Waals surface area (Å²) in [6.07, 6.45) is 0.512. The van der Waals surface area contributed by atoms with Crippen molar-refractivity contribution in [3.63, 3.8) is 0 Å². The molecule has 0 N–H and O–H groups in total. The molecule has 4 heterocycles. The number of ether oxygens (including phenoxy) is 14. The Morgan fingerprint density at radius 2 is 0.425 bits per heavy atom. The molecule has 0 bridgehead atoms. The maximum atomic E-state index is 14.4. The van der Waals surface area contributed by atoms with E-state index in [-0.39, 0.29) is 58.2 Å². The molecule has 4 saturated heterocycles. The van der Waals surface area contributed by atoms with Gasteiger partial charge in [0.1, 0.15) is 123 Å². The molecule has 0 saturated carbocycles. The van der Waals surface area contributed by atoms with E-state index in [1.54, 1.807) is 146 Å². The fraction of sp³-hybridized carbons (Fsp3) is 0.233. The van der Waals surface area contributed by atoms with E-state index >= 15 is 0 Å². The van der Waals surface area contributed by atoms with Crippen LogP contribution in [0.15, 0.2) is 243 Å². The van der Waals surface area contributed by atoms with Crippen LogP contribution in [0.4, 0.5) is 0 Å². The lowest BCUT2D eigenvalue weighted by atomic mass is 9.93. The minimum Gasteiger partial charge on any atom is -0.491 e. The van der Waals surface area contributed by atoms with Crippen LogP contribution in [0.5, 0.6) is 34.5 Å². The first-order valence-electron chi connectivity index (χ1n) is 34.7. The Labute approximate surface area is 611 Å². The number of rotatable bonds is 33. The van der Waals surface area contributed by atoms with Crippen LogP contribution in [-0.2, 0) is 47.5 Å². The van der Waals surface area contributed by atoms with Gasteiger partial charge in [-0.25, -0.2) is 19.2 Å². The smallest absolute Gasteiger partial charge is 0.338 e. The van der Waals surface area contributed by atoms with Crippen molar-refractivity contribution < 1.29 is 95.1 Å². The molecule has 0 spiro atoms. The van der Waals surface area contributed by atoms with E-state index in [1.165, 1.54) is 13.8 Å². The first-order chi connectivity index (χ1) is 51.6. The maximum absolute atomic E-state index is 14.4. The van der Waals surface area contributed by atoms with Crippen LogP contribution in [0.1, 0.15) is 55.3 Å². The van der Waals surface area contributed by atoms with Crippen LogP contribution in [-0.4, -0.2) is 140 Å². The van der Waals surface area contributed by atoms with Gasteiger partial charge in [0.2, 0.25) is 0 Å². The van der Waals surface area contributed by atoms with Crippen molar-refractivity contribution in [2.45, 2.75) is 38.3 Å². The fourth-order valence-corrected chi connectivity index (χ4v) is 11.0. The third-order valence-electron chi connectivity index (χ3n) is 18.1. The predicted octanol–water partition coefficient (Wildman–Crippen LogP) is 14.4. The standard InChI is InChI=1S/C86H74O20/c1-85(51-101-79(87)65-11-3-55(4-12-65)59-19-31-69(32-20-59)93-43-75-47-97-75,52-102-80(88)66-13-5-56(6-14-66)60-21-33-70(34-22-60)94-44-76-48-98-76)83(91)105-73-39-27-63(28-40-73)64-29-41-74(42-30-64)106-84(92)86(2,53-103-81(89)67-15-7-57(8-16-67)61-23-35-71(36-24-61)95-45-77-49-99-77)54-104-82(90)68-17-9-58(10-18-68)62-25-37-72(38-26-62)96-46-78-50-100-78/h3-42,75-78H,43-54H2,1-2H3. The summed E-state index contributed by atoms with van der Waals surface area (Å²) in [6.45, 7) is 5.59. The zero-order valence-electron chi connectivity index (χ0n) is 58.1. The topological polar surface area (TPSA) is 245 Å². The van der Waals surface area contributed by atoms with Crippen molar-refractivity contribution >= 4 is 35.8 Å². The molecule has 0 aliphatic carbocycles. The summed E-state index contributed by atoms with van der Waals surface area (Å²) < 4.78 is 79.2. The number of epoxide rings is 4. The highest BCUT2D eigenvalue weighted by Gasteiger charge is 2.41. The fourth-order valence-electron chi connectivity index (χ4n) is 11.0. The molecule has 538 valence electrons. The SMILES string of the molecule is CC(COC(=O)c1ccc(-c2ccc(OCC3CO3)cc2)cc1)(COC(=O)c1ccc(-c2ccc(OCC3CO3)cc2)cc1)C(=O)Oc1ccc(-c2ccc(OC(=O)C(C)(COC(=O)c3ccc(-c4ccc(OCC5CO5)cc4)cc3)COC(=O)c3ccc(-c4ccc(OCC5CO5)cc4)cc3)cc2)cc1. The number of hydrogen-bond donors (Lipinski definition) is 0. The maximum Gasteiger partial charge on any atom is 0.338 e. The third kappa shape index (κ3) is 19.1. The second-order valence-electron chi connectivity index (χ2n) is 26.7. The van der Waals surface area contributed by atoms with E-state index in [4.69, 9.17) is 66.3 Å². The van der Waals surface area contributed by atoms with E-state index in [2.05, 4.69) is 0 Å². The molecule has 4 aliphatic rings. The summed E-state index contributed by atoms with van der Waals surface area (Å²) in [7, 11) is 0. The molecule has 4 fully saturated rings. The first kappa shape index (κ1) is 71.1. The summed E-state index contributed by atoms with van der Waals surface area (Å²) in [5.74, 6) is -1.44. The van der Waals surface area contributed by atoms with Crippen molar-refractivity contribution in [3.05, 3.63) is 265 Å². The molecular formula is C86H74O20. The van der Waals surface area contributed by atoms with E-state index in [9.17, 15) is 28.8 Å². The molecular weight excluding hydrogens is 1350 g/mol. The lowest BCUT2D eigenvalue weighted by molar-refractivity contribution is -0.151. The average molecular weight is 1430 g/mol. The van der Waals surface area contributed by atoms with Gasteiger partial charge in [0.25, 0.3) is 0 Å². The summed E-state index contributed by atoms with van der Waals surface area (Å²) in [5, 5.41) is 0. The molecule has 106 heavy (non-hydrogen) atoms. The number of carbonyl (C=O) groups excluding carboxylic acids is 6. The van der Waals surface area contributed by atoms with Crippen molar-refractivity contribution in [2.24, 2.45) is 10.8 Å². The van der Waals surface area contributed by atoms with Crippen molar-refractivity contribution in [1.82, 2.24) is 0 Å². The van der Waals surface area contributed by atoms with Crippen LogP contribution in [0, 0.1) is 10.8 Å². The van der Waals surface area contributed by atoms with Crippen LogP contribution in [0.2, 0.25) is 0 Å². The Hall–Kier alpha value is -11.9. The van der Waals surface area contributed by atoms with Gasteiger partial charge in [0.15, 0.2) is 0 Å². The van der Waals surface area contributed by atoms with Gasteiger partial charge in [-0.1, -0.05) is 121 Å². The second-order valence-corrected chi connectivity index (χ2v) is 26.7. The molecule has 14 rings (SSSR count). The van der Waals surface area contributed by atoms with Crippen molar-refractivity contribution in [2.75, 3.05) is 79.3 Å². The number of benzene rings is 10. The van der Waals surface area contributed by atoms with Gasteiger partial charge in [0.05, 0.1) is 48.7 Å². The Kier molecular flexibility index (Phi) is 21.7. The molecule has 20 nitrogen and oxygen atoms in total. The number of carbonyl (C=O) groups is 6. The molecule has 4 aliphatic heterocycles. The van der Waals surface area contributed by atoms with E-state index in [0.717, 1.165) is 44.5 Å². The van der Waals surface area contributed by atoms with Gasteiger partial charge in [-0.2, -0.15) is 0 Å². The lowest BCUT2D eigenvalue weighted by Crippen LogP contribution is -2.42. The summed E-state index contributed by atoms with van der Waals surface area (Å²) in [6, 6.07) is 70.8. The zero-order chi connectivity index (χ0) is 73.0. The van der Waals surface area contributed by atoms with Crippen LogP contribution in [0.3, 0.4) is 0 Å². The van der Waals surface area contributed by atoms with Crippen molar-refractivity contribution in [1.29, 1.82) is 0 Å². The minimum absolute atomic E-state index is 0.128. The molecule has 0 radical (unpaired) electrons. The quantitative estimate of drug-likeness (QED) is 0.0161. The zero-order valence-corrected chi connectivity index (χ0v) is 58.1. The monoisotopic (exact) mass is 1430 g/mol. The minimum atomic E-state index is -1.72. The van der Waals surface area contributed by atoms with Gasteiger partial charge < -0.3 is 66.3 Å². The molecule has 0 amide bonds. The summed E-state index contributed by atoms with van der Waals surface area (Å²) in [5.41, 5.74) is 5.81. The summed E-state index contributed by atoms with van der Waals surface area (Å²) >= 11 is 0. The highest BCUT2D eigenvalue weighted by atomic mass is 16.6. The van der Waals surface area contributed by atoms with Gasteiger partial charge in [-0.3, -0.25) is 9.59 Å². The lowest BCUT2D eigenvalue weighted by Gasteiger charge is -2.26. The van der Waals surface area contributed by atoms with Crippen molar-refractivity contribution in [3.8, 4) is 90.1 Å². The molecule has 0 aromatic heterocycles. The van der Waals surface area contributed by atoms with Crippen LogP contribution >= 0.6 is 0 Å². The average Bonchev–Trinajstić information content (AvgIpc) is 1.27. The number of esters is 6. The largest absolute Gasteiger partial charge is 0.491 e. The predicted molar refractivity (Wildman–Crippen MR) is 389 cm³/mol. The molecule has 4 atom stereocenters. The van der Waals surface area contributed by atoms with Gasteiger partial charge in [-0.15, -0.1) is 0 Å². The highest BCUT2D eigenvalue weighted by Crippen LogP contribution is 2.34. The molecule has 20 heteroatoms. The molecule has 10 aromatic rings. The van der Waals surface area contributed by atoms with E-state index < -0.39 is 73.1 Å². The first-order valence-corrected chi connectivity index (χ1v) is 34.7. The summed E-state index contributed by atoms with van der Waals surface area (Å²) in [4.78, 5) is 83.7. The third-order valence-corrected chi connectivity index (χ3v) is 18.1. The Morgan fingerprint density at radius 1 is 0.264 bits per heavy atom.